The lowest BCUT2D eigenvalue weighted by molar-refractivity contribution is 0.0593. The molecule has 0 aromatic carbocycles. The molecule has 5 heteroatoms. The van der Waals surface area contributed by atoms with E-state index in [1.165, 1.54) is 20.0 Å². The van der Waals surface area contributed by atoms with E-state index in [-0.39, 0.29) is 5.97 Å². The number of carbonyl (C=O) groups is 1. The normalized spacial score (nSPS) is 18.8. The third kappa shape index (κ3) is 4.01. The van der Waals surface area contributed by atoms with Crippen LogP contribution in [0, 0.1) is 0 Å². The number of carbonyl (C=O) groups excluding carboxylic acids is 1. The quantitative estimate of drug-likeness (QED) is 0.805. The number of pyridine rings is 1. The summed E-state index contributed by atoms with van der Waals surface area (Å²) in [6.07, 6.45) is 2.49. The van der Waals surface area contributed by atoms with Gasteiger partial charge in [0.25, 0.3) is 0 Å². The summed E-state index contributed by atoms with van der Waals surface area (Å²) < 4.78 is 4.68. The summed E-state index contributed by atoms with van der Waals surface area (Å²) in [7, 11) is 3.45. The molecule has 1 N–H and O–H groups in total. The Morgan fingerprint density at radius 2 is 2.42 bits per heavy atom. The maximum Gasteiger partial charge on any atom is 0.356 e. The maximum atomic E-state index is 11.4. The molecule has 0 aliphatic carbocycles. The van der Waals surface area contributed by atoms with Gasteiger partial charge >= 0.3 is 5.97 Å². The lowest BCUT2D eigenvalue weighted by Crippen LogP contribution is -2.35. The standard InChI is InChI=1S/C14H21N3O2/c1-17(9-11-6-4-8-15-11)10-12-5-3-7-13(16-12)14(18)19-2/h3,5,7,11,15H,4,6,8-10H2,1-2H3. The van der Waals surface area contributed by atoms with Crippen LogP contribution in [0.3, 0.4) is 0 Å². The van der Waals surface area contributed by atoms with E-state index in [0.29, 0.717) is 11.7 Å². The number of likely N-dealkylation sites (N-methyl/N-ethyl adjacent to an activating group) is 1. The van der Waals surface area contributed by atoms with E-state index < -0.39 is 0 Å². The first-order valence-corrected chi connectivity index (χ1v) is 6.65. The van der Waals surface area contributed by atoms with E-state index in [1.54, 1.807) is 6.07 Å². The third-order valence-corrected chi connectivity index (χ3v) is 3.33. The van der Waals surface area contributed by atoms with Gasteiger partial charge in [-0.2, -0.15) is 0 Å². The number of nitrogens with zero attached hydrogens (tertiary/aromatic N) is 2. The largest absolute Gasteiger partial charge is 0.464 e. The molecule has 0 spiro atoms. The first kappa shape index (κ1) is 14.0. The highest BCUT2D eigenvalue weighted by Crippen LogP contribution is 2.09. The Hall–Kier alpha value is -1.46. The number of esters is 1. The van der Waals surface area contributed by atoms with Crippen molar-refractivity contribution in [3.05, 3.63) is 29.6 Å². The second kappa shape index (κ2) is 6.63. The van der Waals surface area contributed by atoms with Crippen LogP contribution in [0.4, 0.5) is 0 Å². The number of aromatic nitrogens is 1. The fourth-order valence-corrected chi connectivity index (χ4v) is 2.42. The van der Waals surface area contributed by atoms with Gasteiger partial charge in [-0.15, -0.1) is 0 Å². The lowest BCUT2D eigenvalue weighted by Gasteiger charge is -2.20. The third-order valence-electron chi connectivity index (χ3n) is 3.33. The van der Waals surface area contributed by atoms with Gasteiger partial charge in [0.2, 0.25) is 0 Å². The SMILES string of the molecule is COC(=O)c1cccc(CN(C)CC2CCCN2)n1. The molecule has 1 aromatic rings. The zero-order chi connectivity index (χ0) is 13.7. The summed E-state index contributed by atoms with van der Waals surface area (Å²) >= 11 is 0. The molecule has 2 rings (SSSR count). The van der Waals surface area contributed by atoms with Crippen LogP contribution in [0.5, 0.6) is 0 Å². The first-order chi connectivity index (χ1) is 9.19. The summed E-state index contributed by atoms with van der Waals surface area (Å²) in [5.74, 6) is -0.387. The molecule has 0 radical (unpaired) electrons. The van der Waals surface area contributed by atoms with Crippen LogP contribution < -0.4 is 5.32 Å². The van der Waals surface area contributed by atoms with Gasteiger partial charge in [0.15, 0.2) is 0 Å². The van der Waals surface area contributed by atoms with Gasteiger partial charge in [0.1, 0.15) is 5.69 Å². The van der Waals surface area contributed by atoms with Crippen LogP contribution in [-0.4, -0.2) is 49.1 Å². The molecular weight excluding hydrogens is 242 g/mol. The average molecular weight is 263 g/mol. The van der Waals surface area contributed by atoms with Crippen molar-refractivity contribution in [3.63, 3.8) is 0 Å². The van der Waals surface area contributed by atoms with Gasteiger partial charge in [-0.1, -0.05) is 6.07 Å². The molecule has 1 atom stereocenters. The van der Waals surface area contributed by atoms with Crippen molar-refractivity contribution >= 4 is 5.97 Å². The van der Waals surface area contributed by atoms with Crippen molar-refractivity contribution < 1.29 is 9.53 Å². The molecule has 5 nitrogen and oxygen atoms in total. The van der Waals surface area contributed by atoms with Crippen molar-refractivity contribution in [3.8, 4) is 0 Å². The van der Waals surface area contributed by atoms with Gasteiger partial charge in [0, 0.05) is 19.1 Å². The molecule has 1 aliphatic heterocycles. The van der Waals surface area contributed by atoms with Gasteiger partial charge < -0.3 is 10.1 Å². The summed E-state index contributed by atoms with van der Waals surface area (Å²) in [6, 6.07) is 6.03. The number of nitrogens with one attached hydrogen (secondary N) is 1. The average Bonchev–Trinajstić information content (AvgIpc) is 2.90. The molecule has 0 amide bonds. The summed E-state index contributed by atoms with van der Waals surface area (Å²) in [4.78, 5) is 18.0. The summed E-state index contributed by atoms with van der Waals surface area (Å²) in [5, 5.41) is 3.48. The van der Waals surface area contributed by atoms with Gasteiger partial charge in [-0.3, -0.25) is 4.90 Å². The molecule has 0 saturated carbocycles. The van der Waals surface area contributed by atoms with Crippen LogP contribution in [0.2, 0.25) is 0 Å². The summed E-state index contributed by atoms with van der Waals surface area (Å²) in [6.45, 7) is 2.86. The second-order valence-electron chi connectivity index (χ2n) is 5.00. The van der Waals surface area contributed by atoms with Crippen LogP contribution in [-0.2, 0) is 11.3 Å². The highest BCUT2D eigenvalue weighted by atomic mass is 16.5. The van der Waals surface area contributed by atoms with Crippen molar-refractivity contribution in [1.82, 2.24) is 15.2 Å². The molecule has 1 fully saturated rings. The first-order valence-electron chi connectivity index (χ1n) is 6.65. The minimum atomic E-state index is -0.387. The zero-order valence-electron chi connectivity index (χ0n) is 11.6. The maximum absolute atomic E-state index is 11.4. The van der Waals surface area contributed by atoms with Crippen molar-refractivity contribution in [1.29, 1.82) is 0 Å². The van der Waals surface area contributed by atoms with E-state index in [2.05, 4.69) is 27.0 Å². The molecule has 1 aliphatic rings. The fraction of sp³-hybridized carbons (Fsp3) is 0.571. The molecule has 104 valence electrons. The molecule has 1 unspecified atom stereocenters. The van der Waals surface area contributed by atoms with Gasteiger partial charge in [-0.25, -0.2) is 9.78 Å². The van der Waals surface area contributed by atoms with E-state index in [4.69, 9.17) is 0 Å². The van der Waals surface area contributed by atoms with Crippen LogP contribution in [0.15, 0.2) is 18.2 Å². The molecule has 2 heterocycles. The Kier molecular flexibility index (Phi) is 4.87. The van der Waals surface area contributed by atoms with Crippen LogP contribution in [0.25, 0.3) is 0 Å². The van der Waals surface area contributed by atoms with Crippen LogP contribution in [0.1, 0.15) is 29.0 Å². The monoisotopic (exact) mass is 263 g/mol. The number of hydrogen-bond donors (Lipinski definition) is 1. The van der Waals surface area contributed by atoms with E-state index in [1.807, 2.05) is 12.1 Å². The minimum absolute atomic E-state index is 0.368. The van der Waals surface area contributed by atoms with Crippen molar-refractivity contribution in [2.75, 3.05) is 27.2 Å². The predicted molar refractivity (Wildman–Crippen MR) is 72.9 cm³/mol. The Balaban J connectivity index is 1.92. The Morgan fingerprint density at radius 1 is 1.58 bits per heavy atom. The number of ether oxygens (including phenoxy) is 1. The van der Waals surface area contributed by atoms with E-state index >= 15 is 0 Å². The Morgan fingerprint density at radius 3 is 3.11 bits per heavy atom. The Bertz CT molecular complexity index is 430. The van der Waals surface area contributed by atoms with Crippen molar-refractivity contribution in [2.24, 2.45) is 0 Å². The van der Waals surface area contributed by atoms with Gasteiger partial charge in [0.05, 0.1) is 12.8 Å². The molecule has 1 aromatic heterocycles. The second-order valence-corrected chi connectivity index (χ2v) is 5.00. The topological polar surface area (TPSA) is 54.5 Å². The fourth-order valence-electron chi connectivity index (χ4n) is 2.42. The summed E-state index contributed by atoms with van der Waals surface area (Å²) in [5.41, 5.74) is 1.26. The number of rotatable bonds is 5. The lowest BCUT2D eigenvalue weighted by atomic mass is 10.2. The van der Waals surface area contributed by atoms with Crippen LogP contribution >= 0.6 is 0 Å². The molecule has 0 bridgehead atoms. The molecule has 19 heavy (non-hydrogen) atoms. The zero-order valence-corrected chi connectivity index (χ0v) is 11.6. The molecular formula is C14H21N3O2. The predicted octanol–water partition coefficient (Wildman–Crippen LogP) is 1.05. The highest BCUT2D eigenvalue weighted by molar-refractivity contribution is 5.87. The van der Waals surface area contributed by atoms with Gasteiger partial charge in [-0.05, 0) is 38.6 Å². The van der Waals surface area contributed by atoms with E-state index in [0.717, 1.165) is 25.3 Å². The van der Waals surface area contributed by atoms with E-state index in [9.17, 15) is 4.79 Å². The highest BCUT2D eigenvalue weighted by Gasteiger charge is 2.16. The Labute approximate surface area is 114 Å². The number of methoxy groups -OCH3 is 1. The minimum Gasteiger partial charge on any atom is -0.464 e. The molecule has 1 saturated heterocycles. The smallest absolute Gasteiger partial charge is 0.356 e. The van der Waals surface area contributed by atoms with Crippen molar-refractivity contribution in [2.45, 2.75) is 25.4 Å². The number of hydrogen-bond acceptors (Lipinski definition) is 5.